The molecule has 0 aliphatic heterocycles. The fourth-order valence-electron chi connectivity index (χ4n) is 2.36. The van der Waals surface area contributed by atoms with Crippen molar-refractivity contribution < 1.29 is 9.21 Å². The summed E-state index contributed by atoms with van der Waals surface area (Å²) in [6.07, 6.45) is 0. The van der Waals surface area contributed by atoms with Gasteiger partial charge in [0.15, 0.2) is 0 Å². The van der Waals surface area contributed by atoms with Gasteiger partial charge >= 0.3 is 0 Å². The van der Waals surface area contributed by atoms with E-state index in [1.807, 2.05) is 56.3 Å². The summed E-state index contributed by atoms with van der Waals surface area (Å²) >= 11 is 3.42. The lowest BCUT2D eigenvalue weighted by atomic mass is 10.2. The minimum absolute atomic E-state index is 0.0779. The summed E-state index contributed by atoms with van der Waals surface area (Å²) in [5.74, 6) is 2.41. The van der Waals surface area contributed by atoms with Gasteiger partial charge in [-0.15, -0.1) is 23.1 Å². The number of carbonyl (C=O) groups excluding carboxylic acids is 1. The average Bonchev–Trinajstić information content (AvgIpc) is 3.24. The predicted molar refractivity (Wildman–Crippen MR) is 99.6 cm³/mol. The normalized spacial score (nSPS) is 12.1. The van der Waals surface area contributed by atoms with Crippen LogP contribution in [0.4, 0.5) is 0 Å². The van der Waals surface area contributed by atoms with Crippen molar-refractivity contribution in [2.45, 2.75) is 30.5 Å². The van der Waals surface area contributed by atoms with E-state index >= 15 is 0 Å². The number of rotatable bonds is 6. The highest BCUT2D eigenvalue weighted by molar-refractivity contribution is 7.98. The highest BCUT2D eigenvalue weighted by Crippen LogP contribution is 2.28. The van der Waals surface area contributed by atoms with Crippen LogP contribution >= 0.6 is 23.1 Å². The Morgan fingerprint density at radius 2 is 2.04 bits per heavy atom. The number of furan rings is 1. The predicted octanol–water partition coefficient (Wildman–Crippen LogP) is 5.43. The molecule has 0 spiro atoms. The van der Waals surface area contributed by atoms with Gasteiger partial charge in [0.05, 0.1) is 11.6 Å². The number of thiophene rings is 1. The van der Waals surface area contributed by atoms with Crippen molar-refractivity contribution in [3.8, 4) is 0 Å². The number of hydrogen-bond donors (Lipinski definition) is 1. The third-order valence-electron chi connectivity index (χ3n) is 3.62. The third-order valence-corrected chi connectivity index (χ3v) is 5.80. The van der Waals surface area contributed by atoms with E-state index in [2.05, 4.69) is 16.8 Å². The average molecular weight is 358 g/mol. The van der Waals surface area contributed by atoms with Crippen LogP contribution in [0.2, 0.25) is 0 Å². The molecule has 124 valence electrons. The first kappa shape index (κ1) is 16.9. The van der Waals surface area contributed by atoms with Crippen LogP contribution in [0, 0.1) is 6.92 Å². The van der Waals surface area contributed by atoms with Crippen molar-refractivity contribution in [2.24, 2.45) is 0 Å². The molecule has 2 aromatic heterocycles. The molecule has 3 rings (SSSR count). The summed E-state index contributed by atoms with van der Waals surface area (Å²) in [6.45, 7) is 3.83. The quantitative estimate of drug-likeness (QED) is 0.598. The molecule has 2 heterocycles. The van der Waals surface area contributed by atoms with E-state index in [-0.39, 0.29) is 11.9 Å². The molecular weight excluding hydrogens is 338 g/mol. The molecule has 3 aromatic rings. The number of amides is 1. The summed E-state index contributed by atoms with van der Waals surface area (Å²) < 4.78 is 5.59. The molecule has 1 amide bonds. The van der Waals surface area contributed by atoms with E-state index < -0.39 is 0 Å². The zero-order chi connectivity index (χ0) is 16.9. The number of nitrogens with one attached hydrogen (secondary N) is 1. The number of hydrogen-bond acceptors (Lipinski definition) is 4. The van der Waals surface area contributed by atoms with E-state index in [9.17, 15) is 4.79 Å². The molecule has 5 heteroatoms. The van der Waals surface area contributed by atoms with Crippen molar-refractivity contribution in [2.75, 3.05) is 0 Å². The van der Waals surface area contributed by atoms with Crippen molar-refractivity contribution >= 4 is 29.0 Å². The minimum Gasteiger partial charge on any atom is -0.464 e. The topological polar surface area (TPSA) is 42.2 Å². The molecule has 0 aliphatic rings. The van der Waals surface area contributed by atoms with Gasteiger partial charge in [0.25, 0.3) is 5.91 Å². The first-order valence-electron chi connectivity index (χ1n) is 7.75. The largest absolute Gasteiger partial charge is 0.464 e. The van der Waals surface area contributed by atoms with Crippen LogP contribution in [0.25, 0.3) is 0 Å². The van der Waals surface area contributed by atoms with Crippen LogP contribution in [-0.2, 0) is 5.75 Å². The molecule has 1 unspecified atom stereocenters. The van der Waals surface area contributed by atoms with Crippen LogP contribution < -0.4 is 5.32 Å². The van der Waals surface area contributed by atoms with Gasteiger partial charge in [0.2, 0.25) is 0 Å². The van der Waals surface area contributed by atoms with E-state index in [0.29, 0.717) is 5.56 Å². The Labute approximate surface area is 150 Å². The van der Waals surface area contributed by atoms with Crippen molar-refractivity contribution in [1.29, 1.82) is 0 Å². The molecular formula is C19H19NO2S2. The Morgan fingerprint density at radius 3 is 2.75 bits per heavy atom. The Hall–Kier alpha value is -1.98. The molecule has 1 aromatic carbocycles. The maximum atomic E-state index is 12.7. The van der Waals surface area contributed by atoms with Gasteiger partial charge in [-0.05, 0) is 49.6 Å². The van der Waals surface area contributed by atoms with Crippen LogP contribution in [0.15, 0.2) is 63.2 Å². The van der Waals surface area contributed by atoms with Gasteiger partial charge in [-0.25, -0.2) is 0 Å². The van der Waals surface area contributed by atoms with Crippen molar-refractivity contribution in [3.05, 3.63) is 75.9 Å². The van der Waals surface area contributed by atoms with Crippen molar-refractivity contribution in [3.63, 3.8) is 0 Å². The van der Waals surface area contributed by atoms with E-state index in [4.69, 9.17) is 4.42 Å². The number of thioether (sulfide) groups is 1. The molecule has 1 atom stereocenters. The van der Waals surface area contributed by atoms with Gasteiger partial charge in [-0.3, -0.25) is 4.79 Å². The number of carbonyl (C=O) groups is 1. The standard InChI is InChI=1S/C19H19NO2S2/c1-13-9-10-17(22-13)14(2)20-19(21)16-7-3-4-8-18(16)24-12-15-6-5-11-23-15/h3-11,14H,12H2,1-2H3,(H,20,21). The molecule has 1 N–H and O–H groups in total. The Kier molecular flexibility index (Phi) is 5.43. The molecule has 0 saturated heterocycles. The van der Waals surface area contributed by atoms with Crippen LogP contribution in [0.3, 0.4) is 0 Å². The van der Waals surface area contributed by atoms with Gasteiger partial charge in [0, 0.05) is 15.5 Å². The third kappa shape index (κ3) is 4.10. The van der Waals surface area contributed by atoms with Gasteiger partial charge < -0.3 is 9.73 Å². The van der Waals surface area contributed by atoms with Gasteiger partial charge in [-0.2, -0.15) is 0 Å². The first-order valence-corrected chi connectivity index (χ1v) is 9.61. The SMILES string of the molecule is Cc1ccc(C(C)NC(=O)c2ccccc2SCc2cccs2)o1. The maximum Gasteiger partial charge on any atom is 0.252 e. The Balaban J connectivity index is 1.70. The van der Waals surface area contributed by atoms with E-state index in [0.717, 1.165) is 22.2 Å². The number of aryl methyl sites for hydroxylation is 1. The highest BCUT2D eigenvalue weighted by atomic mass is 32.2. The first-order chi connectivity index (χ1) is 11.6. The lowest BCUT2D eigenvalue weighted by molar-refractivity contribution is 0.0932. The monoisotopic (exact) mass is 357 g/mol. The second-order valence-electron chi connectivity index (χ2n) is 5.51. The lowest BCUT2D eigenvalue weighted by Gasteiger charge is -2.14. The molecule has 0 saturated carbocycles. The van der Waals surface area contributed by atoms with Crippen molar-refractivity contribution in [1.82, 2.24) is 5.32 Å². The second kappa shape index (κ2) is 7.73. The molecule has 0 fully saturated rings. The summed E-state index contributed by atoms with van der Waals surface area (Å²) in [5, 5.41) is 5.09. The molecule has 0 radical (unpaired) electrons. The summed E-state index contributed by atoms with van der Waals surface area (Å²) in [6, 6.07) is 15.5. The Morgan fingerprint density at radius 1 is 1.21 bits per heavy atom. The Bertz CT molecular complexity index is 808. The molecule has 3 nitrogen and oxygen atoms in total. The van der Waals surface area contributed by atoms with Crippen LogP contribution in [0.5, 0.6) is 0 Å². The zero-order valence-electron chi connectivity index (χ0n) is 13.6. The second-order valence-corrected chi connectivity index (χ2v) is 7.56. The molecule has 24 heavy (non-hydrogen) atoms. The smallest absolute Gasteiger partial charge is 0.252 e. The van der Waals surface area contributed by atoms with Crippen LogP contribution in [-0.4, -0.2) is 5.91 Å². The van der Waals surface area contributed by atoms with Gasteiger partial charge in [0.1, 0.15) is 11.5 Å². The zero-order valence-corrected chi connectivity index (χ0v) is 15.2. The molecule has 0 bridgehead atoms. The fourth-order valence-corrected chi connectivity index (χ4v) is 4.18. The minimum atomic E-state index is -0.165. The lowest BCUT2D eigenvalue weighted by Crippen LogP contribution is -2.26. The number of benzene rings is 1. The summed E-state index contributed by atoms with van der Waals surface area (Å²) in [7, 11) is 0. The maximum absolute atomic E-state index is 12.7. The molecule has 0 aliphatic carbocycles. The highest BCUT2D eigenvalue weighted by Gasteiger charge is 2.16. The van der Waals surface area contributed by atoms with E-state index in [1.165, 1.54) is 4.88 Å². The fraction of sp³-hybridized carbons (Fsp3) is 0.211. The summed E-state index contributed by atoms with van der Waals surface area (Å²) in [4.78, 5) is 14.9. The van der Waals surface area contributed by atoms with E-state index in [1.54, 1.807) is 23.1 Å². The summed E-state index contributed by atoms with van der Waals surface area (Å²) in [5.41, 5.74) is 0.703. The van der Waals surface area contributed by atoms with Gasteiger partial charge in [-0.1, -0.05) is 18.2 Å². The van der Waals surface area contributed by atoms with Crippen LogP contribution in [0.1, 0.15) is 39.7 Å².